The number of nitrogens with zero attached hydrogens (tertiary/aromatic N) is 2. The number of rotatable bonds is 3. The molecule has 1 aromatic heterocycles. The second-order valence-electron chi connectivity index (χ2n) is 10.3. The van der Waals surface area contributed by atoms with Crippen molar-refractivity contribution in [2.45, 2.75) is 49.9 Å². The number of sulfonamides is 1. The summed E-state index contributed by atoms with van der Waals surface area (Å²) in [6.45, 7) is 5.57. The van der Waals surface area contributed by atoms with Gasteiger partial charge in [-0.25, -0.2) is 13.1 Å². The first kappa shape index (κ1) is 26.0. The van der Waals surface area contributed by atoms with Crippen molar-refractivity contribution in [3.63, 3.8) is 0 Å². The predicted molar refractivity (Wildman–Crippen MR) is 131 cm³/mol. The topological polar surface area (TPSA) is 132 Å². The van der Waals surface area contributed by atoms with Crippen LogP contribution in [0, 0.1) is 11.3 Å². The minimum atomic E-state index is -3.97. The number of aromatic nitrogens is 1. The number of aliphatic hydroxyl groups excluding tert-OH is 3. The van der Waals surface area contributed by atoms with Gasteiger partial charge in [0.15, 0.2) is 0 Å². The van der Waals surface area contributed by atoms with Crippen LogP contribution in [0.2, 0.25) is 0 Å². The predicted octanol–water partition coefficient (Wildman–Crippen LogP) is 1.24. The first-order chi connectivity index (χ1) is 16.6. The first-order valence-electron chi connectivity index (χ1n) is 12.0. The van der Waals surface area contributed by atoms with Crippen LogP contribution >= 0.6 is 0 Å². The summed E-state index contributed by atoms with van der Waals surface area (Å²) in [5.41, 5.74) is 0.960. The highest BCUT2D eigenvalue weighted by molar-refractivity contribution is 7.89. The lowest BCUT2D eigenvalue weighted by Gasteiger charge is -2.37. The maximum Gasteiger partial charge on any atom is 0.244 e. The molecule has 0 amide bonds. The number of fused-ring (bicyclic) bond motifs is 1. The van der Waals surface area contributed by atoms with Gasteiger partial charge in [-0.2, -0.15) is 0 Å². The molecule has 0 saturated heterocycles. The summed E-state index contributed by atoms with van der Waals surface area (Å²) in [6, 6.07) is 8.55. The maximum absolute atomic E-state index is 13.2. The van der Waals surface area contributed by atoms with E-state index in [1.165, 1.54) is 6.07 Å². The second kappa shape index (κ2) is 10.5. The van der Waals surface area contributed by atoms with Crippen LogP contribution in [0.5, 0.6) is 5.75 Å². The van der Waals surface area contributed by atoms with Crippen molar-refractivity contribution >= 4 is 10.0 Å². The molecular formula is C25H35N3O6S. The van der Waals surface area contributed by atoms with Crippen LogP contribution in [0.4, 0.5) is 0 Å². The van der Waals surface area contributed by atoms with Gasteiger partial charge in [0.2, 0.25) is 10.0 Å². The quantitative estimate of drug-likeness (QED) is 0.490. The Balaban J connectivity index is 1.75. The minimum Gasteiger partial charge on any atom is -0.492 e. The SMILES string of the molecule is CC(C)CN1C[C@@H](O)CNS(=O)(=O)c2ccc(-c3cccnc3)cc2OCC2(C[C@@H](O)[C@@H](O)C2)C1. The normalized spacial score (nSPS) is 29.8. The molecule has 2 aliphatic rings. The van der Waals surface area contributed by atoms with Crippen LogP contribution in [0.1, 0.15) is 26.7 Å². The highest BCUT2D eigenvalue weighted by atomic mass is 32.2. The Morgan fingerprint density at radius 2 is 1.91 bits per heavy atom. The largest absolute Gasteiger partial charge is 0.492 e. The molecule has 4 rings (SSSR count). The van der Waals surface area contributed by atoms with Gasteiger partial charge >= 0.3 is 0 Å². The van der Waals surface area contributed by atoms with Crippen LogP contribution in [0.3, 0.4) is 0 Å². The molecule has 1 aliphatic heterocycles. The Hall–Kier alpha value is -2.08. The molecule has 2 heterocycles. The Labute approximate surface area is 206 Å². The minimum absolute atomic E-state index is 0.0220. The van der Waals surface area contributed by atoms with Crippen molar-refractivity contribution in [1.82, 2.24) is 14.6 Å². The van der Waals surface area contributed by atoms with Crippen LogP contribution < -0.4 is 9.46 Å². The van der Waals surface area contributed by atoms with E-state index in [4.69, 9.17) is 4.74 Å². The third kappa shape index (κ3) is 6.19. The van der Waals surface area contributed by atoms with Gasteiger partial charge in [0.25, 0.3) is 0 Å². The van der Waals surface area contributed by atoms with E-state index in [9.17, 15) is 23.7 Å². The number of nitrogens with one attached hydrogen (secondary N) is 1. The third-order valence-corrected chi connectivity index (χ3v) is 8.11. The van der Waals surface area contributed by atoms with E-state index in [0.29, 0.717) is 31.8 Å². The fourth-order valence-corrected chi connectivity index (χ4v) is 6.36. The number of aliphatic hydroxyl groups is 3. The molecule has 192 valence electrons. The van der Waals surface area contributed by atoms with Gasteiger partial charge in [0.1, 0.15) is 10.6 Å². The summed E-state index contributed by atoms with van der Waals surface area (Å²) in [5.74, 6) is 0.489. The molecule has 1 unspecified atom stereocenters. The number of ether oxygens (including phenoxy) is 1. The van der Waals surface area contributed by atoms with Gasteiger partial charge in [-0.05, 0) is 42.5 Å². The fourth-order valence-electron chi connectivity index (χ4n) is 5.16. The Bertz CT molecular complexity index is 1100. The van der Waals surface area contributed by atoms with Gasteiger partial charge in [-0.15, -0.1) is 0 Å². The zero-order chi connectivity index (χ0) is 25.2. The summed E-state index contributed by atoms with van der Waals surface area (Å²) >= 11 is 0. The van der Waals surface area contributed by atoms with Gasteiger partial charge < -0.3 is 20.1 Å². The summed E-state index contributed by atoms with van der Waals surface area (Å²) in [7, 11) is -3.97. The summed E-state index contributed by atoms with van der Waals surface area (Å²) in [5, 5.41) is 31.5. The van der Waals surface area contributed by atoms with Gasteiger partial charge in [-0.1, -0.05) is 26.0 Å². The summed E-state index contributed by atoms with van der Waals surface area (Å²) in [6.07, 6.45) is 1.30. The third-order valence-electron chi connectivity index (χ3n) is 6.65. The zero-order valence-corrected chi connectivity index (χ0v) is 21.0. The van der Waals surface area contributed by atoms with Crippen LogP contribution in [-0.4, -0.2) is 84.7 Å². The van der Waals surface area contributed by atoms with Crippen molar-refractivity contribution in [3.8, 4) is 16.9 Å². The van der Waals surface area contributed by atoms with E-state index in [2.05, 4.69) is 28.5 Å². The first-order valence-corrected chi connectivity index (χ1v) is 13.5. The van der Waals surface area contributed by atoms with E-state index in [-0.39, 0.29) is 30.3 Å². The number of β-amino-alcohol motifs (C(OH)–C–C–N with tert-alkyl or cyclic N) is 1. The number of pyridine rings is 1. The standard InChI is InChI=1S/C25H35N3O6S/c1-17(2)13-28-14-20(29)12-27-35(32,33)24-6-5-18(19-4-3-7-26-11-19)8-23(24)34-16-25(15-28)9-21(30)22(31)10-25/h3-8,11,17,20-22,27,29-31H,9-10,12-16H2,1-2H3/t20-,21-,22+,25?/m0/s1. The molecule has 0 bridgehead atoms. The molecule has 1 spiro atoms. The molecule has 2 aromatic rings. The molecule has 10 heteroatoms. The van der Waals surface area contributed by atoms with Gasteiger partial charge in [-0.3, -0.25) is 9.88 Å². The van der Waals surface area contributed by atoms with Gasteiger partial charge in [0, 0.05) is 49.6 Å². The van der Waals surface area contributed by atoms with Crippen molar-refractivity contribution in [1.29, 1.82) is 0 Å². The average molecular weight is 506 g/mol. The number of hydrogen-bond donors (Lipinski definition) is 4. The van der Waals surface area contributed by atoms with E-state index in [1.807, 2.05) is 6.07 Å². The van der Waals surface area contributed by atoms with E-state index in [0.717, 1.165) is 11.1 Å². The second-order valence-corrected chi connectivity index (χ2v) is 12.1. The number of benzene rings is 1. The molecule has 1 saturated carbocycles. The molecule has 1 fully saturated rings. The van der Waals surface area contributed by atoms with E-state index in [1.54, 1.807) is 30.6 Å². The van der Waals surface area contributed by atoms with Crippen molar-refractivity contribution in [2.24, 2.45) is 11.3 Å². The Kier molecular flexibility index (Phi) is 7.80. The molecule has 4 N–H and O–H groups in total. The van der Waals surface area contributed by atoms with E-state index >= 15 is 0 Å². The highest BCUT2D eigenvalue weighted by Gasteiger charge is 2.46. The number of hydrogen-bond acceptors (Lipinski definition) is 8. The zero-order valence-electron chi connectivity index (χ0n) is 20.2. The summed E-state index contributed by atoms with van der Waals surface area (Å²) in [4.78, 5) is 6.19. The fraction of sp³-hybridized carbons (Fsp3) is 0.560. The van der Waals surface area contributed by atoms with Crippen LogP contribution in [-0.2, 0) is 10.0 Å². The molecular weight excluding hydrogens is 470 g/mol. The molecule has 0 radical (unpaired) electrons. The van der Waals surface area contributed by atoms with Crippen molar-refractivity contribution in [2.75, 3.05) is 32.8 Å². The van der Waals surface area contributed by atoms with Gasteiger partial charge in [0.05, 0.1) is 24.9 Å². The highest BCUT2D eigenvalue weighted by Crippen LogP contribution is 2.41. The lowest BCUT2D eigenvalue weighted by molar-refractivity contribution is 0.0413. The lowest BCUT2D eigenvalue weighted by Crippen LogP contribution is -2.47. The van der Waals surface area contributed by atoms with Crippen molar-refractivity contribution in [3.05, 3.63) is 42.7 Å². The molecule has 4 atom stereocenters. The Morgan fingerprint density at radius 1 is 1.17 bits per heavy atom. The molecule has 35 heavy (non-hydrogen) atoms. The smallest absolute Gasteiger partial charge is 0.244 e. The van der Waals surface area contributed by atoms with Crippen molar-refractivity contribution < 1.29 is 28.5 Å². The van der Waals surface area contributed by atoms with Crippen LogP contribution in [0.15, 0.2) is 47.6 Å². The molecule has 1 aliphatic carbocycles. The monoisotopic (exact) mass is 505 g/mol. The van der Waals surface area contributed by atoms with Crippen LogP contribution in [0.25, 0.3) is 11.1 Å². The Morgan fingerprint density at radius 3 is 2.57 bits per heavy atom. The molecule has 9 nitrogen and oxygen atoms in total. The van der Waals surface area contributed by atoms with E-state index < -0.39 is 33.8 Å². The maximum atomic E-state index is 13.2. The average Bonchev–Trinajstić information content (AvgIpc) is 3.08. The summed E-state index contributed by atoms with van der Waals surface area (Å²) < 4.78 is 35.1. The lowest BCUT2D eigenvalue weighted by atomic mass is 9.85. The molecule has 1 aromatic carbocycles.